The third-order valence-corrected chi connectivity index (χ3v) is 5.28. The van der Waals surface area contributed by atoms with Gasteiger partial charge in [0.15, 0.2) is 0 Å². The summed E-state index contributed by atoms with van der Waals surface area (Å²) in [5.74, 6) is 0.164. The predicted molar refractivity (Wildman–Crippen MR) is 98.5 cm³/mol. The number of aryl methyl sites for hydroxylation is 1. The van der Waals surface area contributed by atoms with E-state index in [-0.39, 0.29) is 17.5 Å². The van der Waals surface area contributed by atoms with Gasteiger partial charge < -0.3 is 4.90 Å². The lowest BCUT2D eigenvalue weighted by Crippen LogP contribution is -2.31. The lowest BCUT2D eigenvalue weighted by atomic mass is 10.3. The normalized spacial score (nSPS) is 10.9. The van der Waals surface area contributed by atoms with E-state index < -0.39 is 0 Å². The van der Waals surface area contributed by atoms with Crippen LogP contribution in [0.1, 0.15) is 28.2 Å². The molecule has 0 bridgehead atoms. The van der Waals surface area contributed by atoms with Crippen LogP contribution < -0.4 is 0 Å². The Balaban J connectivity index is 1.84. The van der Waals surface area contributed by atoms with Crippen LogP contribution in [-0.4, -0.2) is 32.1 Å². The van der Waals surface area contributed by atoms with E-state index in [0.717, 1.165) is 8.66 Å². The topological polar surface area (TPSA) is 51.0 Å². The molecule has 0 aliphatic heterocycles. The zero-order valence-corrected chi connectivity index (χ0v) is 16.1. The molecule has 25 heavy (non-hydrogen) atoms. The molecule has 5 nitrogen and oxygen atoms in total. The Bertz CT molecular complexity index is 890. The third kappa shape index (κ3) is 3.96. The number of halogens is 2. The van der Waals surface area contributed by atoms with Crippen molar-refractivity contribution >= 4 is 33.2 Å². The summed E-state index contributed by atoms with van der Waals surface area (Å²) in [4.78, 5) is 19.8. The van der Waals surface area contributed by atoms with Gasteiger partial charge in [0.25, 0.3) is 5.91 Å². The van der Waals surface area contributed by atoms with Crippen LogP contribution in [-0.2, 0) is 6.54 Å². The largest absolute Gasteiger partial charge is 0.331 e. The minimum absolute atomic E-state index is 0.138. The Morgan fingerprint density at radius 2 is 2.00 bits per heavy atom. The summed E-state index contributed by atoms with van der Waals surface area (Å²) < 4.78 is 15.7. The first-order valence-electron chi connectivity index (χ1n) is 7.71. The summed E-state index contributed by atoms with van der Waals surface area (Å²) in [6, 6.07) is 9.86. The summed E-state index contributed by atoms with van der Waals surface area (Å²) in [6.07, 6.45) is 0. The van der Waals surface area contributed by atoms with Crippen molar-refractivity contribution in [3.63, 3.8) is 0 Å². The minimum Gasteiger partial charge on any atom is -0.331 e. The highest BCUT2D eigenvalue weighted by Gasteiger charge is 2.21. The highest BCUT2D eigenvalue weighted by molar-refractivity contribution is 9.11. The van der Waals surface area contributed by atoms with Crippen molar-refractivity contribution in [1.82, 2.24) is 19.7 Å². The molecular weight excluding hydrogens is 407 g/mol. The second-order valence-electron chi connectivity index (χ2n) is 5.40. The fraction of sp³-hybridized carbons (Fsp3) is 0.235. The van der Waals surface area contributed by atoms with E-state index in [1.165, 1.54) is 12.1 Å². The molecular formula is C17H16BrFN4OS. The summed E-state index contributed by atoms with van der Waals surface area (Å²) in [5.41, 5.74) is 0.663. The number of amides is 1. The van der Waals surface area contributed by atoms with E-state index >= 15 is 0 Å². The molecule has 3 rings (SSSR count). The molecule has 0 saturated carbocycles. The Hall–Kier alpha value is -2.06. The molecule has 0 radical (unpaired) electrons. The molecule has 1 amide bonds. The molecule has 0 N–H and O–H groups in total. The highest BCUT2D eigenvalue weighted by Crippen LogP contribution is 2.23. The van der Waals surface area contributed by atoms with Crippen molar-refractivity contribution in [3.05, 3.63) is 62.5 Å². The maximum Gasteiger partial charge on any atom is 0.293 e. The maximum absolute atomic E-state index is 13.1. The summed E-state index contributed by atoms with van der Waals surface area (Å²) in [6.45, 7) is 4.75. The molecule has 0 atom stereocenters. The van der Waals surface area contributed by atoms with Crippen LogP contribution >= 0.6 is 27.3 Å². The Kier molecular flexibility index (Phi) is 5.29. The average molecular weight is 423 g/mol. The van der Waals surface area contributed by atoms with Gasteiger partial charge in [-0.2, -0.15) is 0 Å². The van der Waals surface area contributed by atoms with Crippen LogP contribution in [0.5, 0.6) is 0 Å². The van der Waals surface area contributed by atoms with E-state index in [9.17, 15) is 9.18 Å². The molecule has 2 aromatic heterocycles. The number of benzene rings is 1. The molecule has 0 spiro atoms. The molecule has 0 fully saturated rings. The molecule has 0 saturated heterocycles. The number of carbonyl (C=O) groups is 1. The van der Waals surface area contributed by atoms with Gasteiger partial charge >= 0.3 is 0 Å². The van der Waals surface area contributed by atoms with Gasteiger partial charge in [-0.3, -0.25) is 4.79 Å². The smallest absolute Gasteiger partial charge is 0.293 e. The molecule has 1 aromatic carbocycles. The number of nitrogens with zero attached hydrogens (tertiary/aromatic N) is 4. The average Bonchev–Trinajstić information content (AvgIpc) is 3.18. The Morgan fingerprint density at radius 1 is 1.28 bits per heavy atom. The lowest BCUT2D eigenvalue weighted by molar-refractivity contribution is 0.0742. The second kappa shape index (κ2) is 7.45. The highest BCUT2D eigenvalue weighted by atomic mass is 79.9. The van der Waals surface area contributed by atoms with E-state index in [4.69, 9.17) is 0 Å². The van der Waals surface area contributed by atoms with Crippen LogP contribution in [0.2, 0.25) is 0 Å². The SMILES string of the molecule is CCN(Cc1ccc(Br)s1)C(=O)c1nc(C)n(-c2ccc(F)cc2)n1. The molecule has 3 aromatic rings. The first kappa shape index (κ1) is 17.8. The van der Waals surface area contributed by atoms with E-state index in [2.05, 4.69) is 26.0 Å². The van der Waals surface area contributed by atoms with Crippen molar-refractivity contribution in [2.45, 2.75) is 20.4 Å². The molecule has 0 aliphatic carbocycles. The fourth-order valence-electron chi connectivity index (χ4n) is 2.40. The quantitative estimate of drug-likeness (QED) is 0.618. The third-order valence-electron chi connectivity index (χ3n) is 3.68. The minimum atomic E-state index is -0.322. The van der Waals surface area contributed by atoms with E-state index in [1.54, 1.807) is 40.0 Å². The van der Waals surface area contributed by atoms with Gasteiger partial charge in [0.2, 0.25) is 5.82 Å². The van der Waals surface area contributed by atoms with Gasteiger partial charge in [-0.05, 0) is 66.2 Å². The van der Waals surface area contributed by atoms with E-state index in [1.807, 2.05) is 19.1 Å². The zero-order valence-electron chi connectivity index (χ0n) is 13.7. The van der Waals surface area contributed by atoms with Gasteiger partial charge in [0.05, 0.1) is 16.0 Å². The molecule has 130 valence electrons. The summed E-state index contributed by atoms with van der Waals surface area (Å²) >= 11 is 5.02. The van der Waals surface area contributed by atoms with Gasteiger partial charge in [0.1, 0.15) is 11.6 Å². The standard InChI is InChI=1S/C17H16BrFN4OS/c1-3-22(10-14-8-9-15(18)25-14)17(24)16-20-11(2)23(21-16)13-6-4-12(19)5-7-13/h4-9H,3,10H2,1-2H3. The zero-order chi connectivity index (χ0) is 18.0. The number of carbonyl (C=O) groups excluding carboxylic acids is 1. The summed E-state index contributed by atoms with van der Waals surface area (Å²) in [5, 5.41) is 4.31. The van der Waals surface area contributed by atoms with Crippen LogP contribution in [0, 0.1) is 12.7 Å². The van der Waals surface area contributed by atoms with Crippen molar-refractivity contribution < 1.29 is 9.18 Å². The maximum atomic E-state index is 13.1. The van der Waals surface area contributed by atoms with Crippen molar-refractivity contribution in [2.24, 2.45) is 0 Å². The van der Waals surface area contributed by atoms with E-state index in [0.29, 0.717) is 24.6 Å². The van der Waals surface area contributed by atoms with Gasteiger partial charge in [-0.15, -0.1) is 16.4 Å². The number of hydrogen-bond donors (Lipinski definition) is 0. The molecule has 8 heteroatoms. The first-order valence-corrected chi connectivity index (χ1v) is 9.32. The van der Waals surface area contributed by atoms with Crippen LogP contribution in [0.4, 0.5) is 4.39 Å². The van der Waals surface area contributed by atoms with Crippen molar-refractivity contribution in [1.29, 1.82) is 0 Å². The monoisotopic (exact) mass is 422 g/mol. The fourth-order valence-corrected chi connectivity index (χ4v) is 3.90. The molecule has 2 heterocycles. The first-order chi connectivity index (χ1) is 12.0. The van der Waals surface area contributed by atoms with Gasteiger partial charge in [-0.25, -0.2) is 14.1 Å². The Labute approximate surface area is 157 Å². The Morgan fingerprint density at radius 3 is 2.60 bits per heavy atom. The second-order valence-corrected chi connectivity index (χ2v) is 7.94. The number of hydrogen-bond acceptors (Lipinski definition) is 4. The molecule has 0 unspecified atom stereocenters. The predicted octanol–water partition coefficient (Wildman–Crippen LogP) is 4.20. The number of rotatable bonds is 5. The van der Waals surface area contributed by atoms with Crippen molar-refractivity contribution in [3.8, 4) is 5.69 Å². The van der Waals surface area contributed by atoms with Crippen LogP contribution in [0.15, 0.2) is 40.2 Å². The lowest BCUT2D eigenvalue weighted by Gasteiger charge is -2.18. The van der Waals surface area contributed by atoms with Crippen molar-refractivity contribution in [2.75, 3.05) is 6.54 Å². The van der Waals surface area contributed by atoms with Gasteiger partial charge in [-0.1, -0.05) is 0 Å². The number of thiophene rings is 1. The van der Waals surface area contributed by atoms with Crippen LogP contribution in [0.3, 0.4) is 0 Å². The summed E-state index contributed by atoms with van der Waals surface area (Å²) in [7, 11) is 0. The number of aromatic nitrogens is 3. The van der Waals surface area contributed by atoms with Crippen LogP contribution in [0.25, 0.3) is 5.69 Å². The van der Waals surface area contributed by atoms with Gasteiger partial charge in [0, 0.05) is 11.4 Å². The molecule has 0 aliphatic rings.